The van der Waals surface area contributed by atoms with Gasteiger partial charge in [-0.1, -0.05) is 48.5 Å². The molecule has 1 aliphatic rings. The van der Waals surface area contributed by atoms with Gasteiger partial charge in [0.25, 0.3) is 5.91 Å². The van der Waals surface area contributed by atoms with Crippen molar-refractivity contribution in [3.8, 4) is 0 Å². The zero-order valence-electron chi connectivity index (χ0n) is 18.3. The van der Waals surface area contributed by atoms with Crippen LogP contribution in [-0.4, -0.2) is 51.1 Å². The number of amides is 1. The summed E-state index contributed by atoms with van der Waals surface area (Å²) in [6.45, 7) is 4.63. The Labute approximate surface area is 184 Å². The molecule has 0 aromatic heterocycles. The number of benzene rings is 3. The van der Waals surface area contributed by atoms with Crippen molar-refractivity contribution >= 4 is 23.0 Å². The van der Waals surface area contributed by atoms with E-state index in [1.807, 2.05) is 72.6 Å². The van der Waals surface area contributed by atoms with Gasteiger partial charge >= 0.3 is 0 Å². The number of hydrogen-bond donors (Lipinski definition) is 1. The lowest BCUT2D eigenvalue weighted by Crippen LogP contribution is -2.45. The number of piperazine rings is 1. The molecular weight excluding hydrogens is 384 g/mol. The Morgan fingerprint density at radius 1 is 0.871 bits per heavy atom. The summed E-state index contributed by atoms with van der Waals surface area (Å²) in [6, 6.07) is 26.2. The SMILES string of the molecule is CN1CCN(c2ccccc2CNC(=O)c2ccccc2N(C)c2ccccc2)CC1. The third kappa shape index (κ3) is 4.89. The van der Waals surface area contributed by atoms with E-state index >= 15 is 0 Å². The summed E-state index contributed by atoms with van der Waals surface area (Å²) in [6.07, 6.45) is 0. The molecule has 0 radical (unpaired) electrons. The number of para-hydroxylation sites is 3. The lowest BCUT2D eigenvalue weighted by molar-refractivity contribution is 0.0951. The summed E-state index contributed by atoms with van der Waals surface area (Å²) in [5.74, 6) is -0.0634. The molecule has 160 valence electrons. The molecule has 31 heavy (non-hydrogen) atoms. The van der Waals surface area contributed by atoms with Gasteiger partial charge in [-0.25, -0.2) is 0 Å². The third-order valence-corrected chi connectivity index (χ3v) is 5.93. The summed E-state index contributed by atoms with van der Waals surface area (Å²) >= 11 is 0. The van der Waals surface area contributed by atoms with Gasteiger partial charge in [-0.15, -0.1) is 0 Å². The molecule has 5 heteroatoms. The van der Waals surface area contributed by atoms with Crippen LogP contribution in [0.25, 0.3) is 0 Å². The van der Waals surface area contributed by atoms with E-state index in [2.05, 4.69) is 40.4 Å². The molecule has 0 bridgehead atoms. The molecule has 4 rings (SSSR count). The molecule has 3 aromatic carbocycles. The Morgan fingerprint density at radius 2 is 1.52 bits per heavy atom. The Bertz CT molecular complexity index is 1010. The monoisotopic (exact) mass is 414 g/mol. The summed E-state index contributed by atoms with van der Waals surface area (Å²) < 4.78 is 0. The predicted octanol–water partition coefficient (Wildman–Crippen LogP) is 4.14. The summed E-state index contributed by atoms with van der Waals surface area (Å²) in [5.41, 5.74) is 4.97. The quantitative estimate of drug-likeness (QED) is 0.658. The van der Waals surface area contributed by atoms with Crippen LogP contribution in [0.1, 0.15) is 15.9 Å². The van der Waals surface area contributed by atoms with E-state index in [9.17, 15) is 4.79 Å². The van der Waals surface area contributed by atoms with Crippen molar-refractivity contribution in [2.45, 2.75) is 6.54 Å². The Morgan fingerprint density at radius 3 is 2.29 bits per heavy atom. The first-order chi connectivity index (χ1) is 15.1. The number of nitrogens with zero attached hydrogens (tertiary/aromatic N) is 3. The minimum Gasteiger partial charge on any atom is -0.369 e. The van der Waals surface area contributed by atoms with Crippen molar-refractivity contribution in [1.82, 2.24) is 10.2 Å². The fourth-order valence-corrected chi connectivity index (χ4v) is 4.04. The van der Waals surface area contributed by atoms with Crippen molar-refractivity contribution in [2.24, 2.45) is 0 Å². The standard InChI is InChI=1S/C26H30N4O/c1-28-16-18-30(19-17-28)24-14-8-6-10-21(24)20-27-26(31)23-13-7-9-15-25(23)29(2)22-11-4-3-5-12-22/h3-15H,16-20H2,1-2H3,(H,27,31). The summed E-state index contributed by atoms with van der Waals surface area (Å²) in [7, 11) is 4.15. The molecule has 0 spiro atoms. The van der Waals surface area contributed by atoms with Crippen molar-refractivity contribution < 1.29 is 4.79 Å². The topological polar surface area (TPSA) is 38.8 Å². The van der Waals surface area contributed by atoms with Gasteiger partial charge in [-0.05, 0) is 42.9 Å². The highest BCUT2D eigenvalue weighted by molar-refractivity contribution is 6.00. The predicted molar refractivity (Wildman–Crippen MR) is 128 cm³/mol. The average molecular weight is 415 g/mol. The third-order valence-electron chi connectivity index (χ3n) is 5.93. The zero-order chi connectivity index (χ0) is 21.6. The number of anilines is 3. The molecule has 0 unspecified atom stereocenters. The van der Waals surface area contributed by atoms with Crippen LogP contribution in [0.5, 0.6) is 0 Å². The van der Waals surface area contributed by atoms with Gasteiger partial charge in [-0.3, -0.25) is 4.79 Å². The Balaban J connectivity index is 1.50. The summed E-state index contributed by atoms with van der Waals surface area (Å²) in [4.78, 5) is 20.0. The lowest BCUT2D eigenvalue weighted by atomic mass is 10.1. The first kappa shape index (κ1) is 20.9. The highest BCUT2D eigenvalue weighted by atomic mass is 16.1. The molecule has 0 saturated carbocycles. The minimum atomic E-state index is -0.0634. The van der Waals surface area contributed by atoms with E-state index in [1.165, 1.54) is 5.69 Å². The molecule has 3 aromatic rings. The van der Waals surface area contributed by atoms with Crippen molar-refractivity contribution in [3.05, 3.63) is 90.0 Å². The van der Waals surface area contributed by atoms with Crippen molar-refractivity contribution in [3.63, 3.8) is 0 Å². The molecule has 1 N–H and O–H groups in total. The first-order valence-corrected chi connectivity index (χ1v) is 10.8. The number of nitrogens with one attached hydrogen (secondary N) is 1. The number of carbonyl (C=O) groups excluding carboxylic acids is 1. The van der Waals surface area contributed by atoms with Crippen LogP contribution in [0.2, 0.25) is 0 Å². The number of likely N-dealkylation sites (N-methyl/N-ethyl adjacent to an activating group) is 1. The largest absolute Gasteiger partial charge is 0.369 e. The highest BCUT2D eigenvalue weighted by Crippen LogP contribution is 2.27. The van der Waals surface area contributed by atoms with Crippen LogP contribution in [0.15, 0.2) is 78.9 Å². The molecule has 1 fully saturated rings. The summed E-state index contributed by atoms with van der Waals surface area (Å²) in [5, 5.41) is 3.15. The van der Waals surface area contributed by atoms with Gasteiger partial charge < -0.3 is 20.0 Å². The molecular formula is C26H30N4O. The first-order valence-electron chi connectivity index (χ1n) is 10.8. The van der Waals surface area contributed by atoms with E-state index < -0.39 is 0 Å². The molecule has 5 nitrogen and oxygen atoms in total. The van der Waals surface area contributed by atoms with E-state index in [0.29, 0.717) is 12.1 Å². The molecule has 1 saturated heterocycles. The van der Waals surface area contributed by atoms with Crippen molar-refractivity contribution in [2.75, 3.05) is 50.1 Å². The van der Waals surface area contributed by atoms with Gasteiger partial charge in [0.2, 0.25) is 0 Å². The van der Waals surface area contributed by atoms with Crippen molar-refractivity contribution in [1.29, 1.82) is 0 Å². The van der Waals surface area contributed by atoms with E-state index in [-0.39, 0.29) is 5.91 Å². The number of hydrogen-bond acceptors (Lipinski definition) is 4. The average Bonchev–Trinajstić information content (AvgIpc) is 2.83. The Kier molecular flexibility index (Phi) is 6.53. The van der Waals surface area contributed by atoms with Crippen LogP contribution in [0.3, 0.4) is 0 Å². The van der Waals surface area contributed by atoms with Crippen LogP contribution in [-0.2, 0) is 6.54 Å². The zero-order valence-corrected chi connectivity index (χ0v) is 18.3. The maximum Gasteiger partial charge on any atom is 0.253 e. The lowest BCUT2D eigenvalue weighted by Gasteiger charge is -2.35. The van der Waals surface area contributed by atoms with Gasteiger partial charge in [0.1, 0.15) is 0 Å². The van der Waals surface area contributed by atoms with Gasteiger partial charge in [-0.2, -0.15) is 0 Å². The highest BCUT2D eigenvalue weighted by Gasteiger charge is 2.18. The Hall–Kier alpha value is -3.31. The fourth-order valence-electron chi connectivity index (χ4n) is 4.04. The smallest absolute Gasteiger partial charge is 0.253 e. The maximum absolute atomic E-state index is 13.1. The number of carbonyl (C=O) groups is 1. The molecule has 0 aliphatic carbocycles. The van der Waals surface area contributed by atoms with Gasteiger partial charge in [0.15, 0.2) is 0 Å². The maximum atomic E-state index is 13.1. The second-order valence-corrected chi connectivity index (χ2v) is 8.01. The number of rotatable bonds is 6. The molecule has 0 atom stereocenters. The second kappa shape index (κ2) is 9.67. The van der Waals surface area contributed by atoms with Crippen LogP contribution in [0, 0.1) is 0 Å². The van der Waals surface area contributed by atoms with Gasteiger partial charge in [0, 0.05) is 51.1 Å². The molecule has 1 amide bonds. The van der Waals surface area contributed by atoms with Crippen LogP contribution >= 0.6 is 0 Å². The fraction of sp³-hybridized carbons (Fsp3) is 0.269. The molecule has 1 heterocycles. The van der Waals surface area contributed by atoms with Crippen LogP contribution < -0.4 is 15.1 Å². The van der Waals surface area contributed by atoms with Gasteiger partial charge in [0.05, 0.1) is 11.3 Å². The minimum absolute atomic E-state index is 0.0634. The van der Waals surface area contributed by atoms with E-state index in [0.717, 1.165) is 43.1 Å². The molecule has 1 aliphatic heterocycles. The van der Waals surface area contributed by atoms with E-state index in [4.69, 9.17) is 0 Å². The second-order valence-electron chi connectivity index (χ2n) is 8.01. The van der Waals surface area contributed by atoms with E-state index in [1.54, 1.807) is 0 Å². The van der Waals surface area contributed by atoms with Crippen LogP contribution in [0.4, 0.5) is 17.1 Å². The normalized spacial score (nSPS) is 14.3.